The van der Waals surface area contributed by atoms with Gasteiger partial charge in [0.2, 0.25) is 0 Å². The quantitative estimate of drug-likeness (QED) is 0.855. The number of aliphatic hydroxyl groups is 1. The molecule has 0 aliphatic rings. The summed E-state index contributed by atoms with van der Waals surface area (Å²) in [5.41, 5.74) is 3.23. The molecule has 2 rings (SSSR count). The summed E-state index contributed by atoms with van der Waals surface area (Å²) >= 11 is 0. The van der Waals surface area contributed by atoms with E-state index < -0.39 is 5.60 Å². The lowest BCUT2D eigenvalue weighted by atomic mass is 9.94. The Morgan fingerprint density at radius 1 is 1.29 bits per heavy atom. The van der Waals surface area contributed by atoms with Crippen molar-refractivity contribution >= 4 is 10.9 Å². The molecule has 1 aromatic carbocycles. The lowest BCUT2D eigenvalue weighted by molar-refractivity contribution is 0.0382. The molecule has 1 heterocycles. The van der Waals surface area contributed by atoms with Crippen LogP contribution in [0.15, 0.2) is 24.3 Å². The fourth-order valence-electron chi connectivity index (χ4n) is 3.29. The van der Waals surface area contributed by atoms with Gasteiger partial charge in [0.25, 0.3) is 0 Å². The van der Waals surface area contributed by atoms with Crippen molar-refractivity contribution < 1.29 is 5.11 Å². The highest BCUT2D eigenvalue weighted by Crippen LogP contribution is 2.24. The summed E-state index contributed by atoms with van der Waals surface area (Å²) < 4.78 is 2.24. The molecule has 0 aliphatic heterocycles. The van der Waals surface area contributed by atoms with Crippen molar-refractivity contribution in [3.63, 3.8) is 0 Å². The number of nitrogens with zero attached hydrogens (tertiary/aromatic N) is 1. The highest BCUT2D eigenvalue weighted by molar-refractivity contribution is 5.85. The van der Waals surface area contributed by atoms with Crippen LogP contribution in [0.1, 0.15) is 38.4 Å². The van der Waals surface area contributed by atoms with E-state index in [-0.39, 0.29) is 0 Å². The molecule has 0 saturated carbocycles. The zero-order valence-corrected chi connectivity index (χ0v) is 13.9. The van der Waals surface area contributed by atoms with Crippen LogP contribution >= 0.6 is 0 Å². The van der Waals surface area contributed by atoms with E-state index in [9.17, 15) is 5.11 Å². The van der Waals surface area contributed by atoms with Crippen LogP contribution in [-0.2, 0) is 13.6 Å². The van der Waals surface area contributed by atoms with E-state index in [4.69, 9.17) is 0 Å². The fraction of sp³-hybridized carbons (Fsp3) is 0.556. The van der Waals surface area contributed by atoms with E-state index in [1.54, 1.807) is 0 Å². The summed E-state index contributed by atoms with van der Waals surface area (Å²) in [5, 5.41) is 15.1. The number of para-hydroxylation sites is 1. The first kappa shape index (κ1) is 16.1. The van der Waals surface area contributed by atoms with E-state index in [0.717, 1.165) is 13.0 Å². The van der Waals surface area contributed by atoms with Crippen molar-refractivity contribution in [2.24, 2.45) is 13.0 Å². The first-order chi connectivity index (χ1) is 9.82. The molecule has 0 radical (unpaired) electrons. The van der Waals surface area contributed by atoms with Gasteiger partial charge in [-0.1, -0.05) is 32.0 Å². The predicted molar refractivity (Wildman–Crippen MR) is 89.4 cm³/mol. The van der Waals surface area contributed by atoms with Crippen molar-refractivity contribution in [1.29, 1.82) is 0 Å². The lowest BCUT2D eigenvalue weighted by Crippen LogP contribution is -2.38. The largest absolute Gasteiger partial charge is 0.389 e. The van der Waals surface area contributed by atoms with Crippen molar-refractivity contribution in [1.82, 2.24) is 9.88 Å². The maximum absolute atomic E-state index is 10.4. The van der Waals surface area contributed by atoms with Crippen molar-refractivity contribution in [3.8, 4) is 0 Å². The summed E-state index contributed by atoms with van der Waals surface area (Å²) in [6.45, 7) is 9.77. The van der Waals surface area contributed by atoms with E-state index in [1.165, 1.54) is 22.2 Å². The molecular formula is C18H28N2O. The summed E-state index contributed by atoms with van der Waals surface area (Å²) in [6, 6.07) is 8.48. The second-order valence-electron chi connectivity index (χ2n) is 6.85. The summed E-state index contributed by atoms with van der Waals surface area (Å²) in [4.78, 5) is 0. The van der Waals surface area contributed by atoms with E-state index in [1.807, 2.05) is 6.92 Å². The minimum absolute atomic E-state index is 0.501. The number of aromatic nitrogens is 1. The number of rotatable bonds is 6. The third-order valence-corrected chi connectivity index (χ3v) is 4.15. The molecule has 0 saturated heterocycles. The second kappa shape index (κ2) is 6.20. The van der Waals surface area contributed by atoms with Crippen molar-refractivity contribution in [3.05, 3.63) is 35.5 Å². The van der Waals surface area contributed by atoms with E-state index in [0.29, 0.717) is 12.5 Å². The van der Waals surface area contributed by atoms with Gasteiger partial charge >= 0.3 is 0 Å². The van der Waals surface area contributed by atoms with Gasteiger partial charge < -0.3 is 15.0 Å². The standard InChI is InChI=1S/C18H28N2O/c1-13(2)10-18(4,21)12-19-11-17-14(3)15-8-6-7-9-16(15)20(17)5/h6-9,13,19,21H,10-12H2,1-5H3. The molecular weight excluding hydrogens is 260 g/mol. The number of hydrogen-bond donors (Lipinski definition) is 2. The molecule has 0 fully saturated rings. The normalized spacial score (nSPS) is 14.8. The molecule has 1 atom stereocenters. The summed E-state index contributed by atoms with van der Waals surface area (Å²) in [6.07, 6.45) is 0.814. The van der Waals surface area contributed by atoms with Crippen molar-refractivity contribution in [2.75, 3.05) is 6.54 Å². The molecule has 1 unspecified atom stereocenters. The van der Waals surface area contributed by atoms with Crippen LogP contribution in [0.3, 0.4) is 0 Å². The molecule has 0 spiro atoms. The van der Waals surface area contributed by atoms with Crippen LogP contribution in [0, 0.1) is 12.8 Å². The zero-order chi connectivity index (χ0) is 15.6. The number of benzene rings is 1. The lowest BCUT2D eigenvalue weighted by Gasteiger charge is -2.25. The zero-order valence-electron chi connectivity index (χ0n) is 13.9. The third-order valence-electron chi connectivity index (χ3n) is 4.15. The van der Waals surface area contributed by atoms with Gasteiger partial charge in [-0.15, -0.1) is 0 Å². The van der Waals surface area contributed by atoms with Gasteiger partial charge in [-0.25, -0.2) is 0 Å². The number of hydrogen-bond acceptors (Lipinski definition) is 2. The fourth-order valence-corrected chi connectivity index (χ4v) is 3.29. The summed E-state index contributed by atoms with van der Waals surface area (Å²) in [5.74, 6) is 0.501. The number of nitrogens with one attached hydrogen (secondary N) is 1. The molecule has 0 aliphatic carbocycles. The van der Waals surface area contributed by atoms with Gasteiger partial charge in [0.1, 0.15) is 0 Å². The minimum atomic E-state index is -0.646. The molecule has 2 N–H and O–H groups in total. The van der Waals surface area contributed by atoms with E-state index in [2.05, 4.69) is 62.0 Å². The number of aryl methyl sites for hydroxylation is 2. The first-order valence-corrected chi connectivity index (χ1v) is 7.78. The Bertz CT molecular complexity index is 572. The van der Waals surface area contributed by atoms with Gasteiger partial charge in [-0.2, -0.15) is 0 Å². The maximum Gasteiger partial charge on any atom is 0.0746 e. The van der Waals surface area contributed by atoms with Crippen LogP contribution < -0.4 is 5.32 Å². The van der Waals surface area contributed by atoms with Gasteiger partial charge in [0, 0.05) is 36.7 Å². The molecule has 3 heteroatoms. The molecule has 116 valence electrons. The Balaban J connectivity index is 2.07. The highest BCUT2D eigenvalue weighted by atomic mass is 16.3. The van der Waals surface area contributed by atoms with Crippen LogP contribution in [0.5, 0.6) is 0 Å². The topological polar surface area (TPSA) is 37.2 Å². The van der Waals surface area contributed by atoms with Crippen LogP contribution in [0.2, 0.25) is 0 Å². The predicted octanol–water partition coefficient (Wildman–Crippen LogP) is 3.37. The Morgan fingerprint density at radius 2 is 1.95 bits per heavy atom. The monoisotopic (exact) mass is 288 g/mol. The third kappa shape index (κ3) is 3.66. The van der Waals surface area contributed by atoms with E-state index >= 15 is 0 Å². The van der Waals surface area contributed by atoms with Crippen molar-refractivity contribution in [2.45, 2.75) is 46.3 Å². The average Bonchev–Trinajstić information content (AvgIpc) is 2.63. The molecule has 0 bridgehead atoms. The Labute approximate surface area is 128 Å². The Hall–Kier alpha value is -1.32. The number of fused-ring (bicyclic) bond motifs is 1. The first-order valence-electron chi connectivity index (χ1n) is 7.78. The van der Waals surface area contributed by atoms with Gasteiger partial charge in [-0.05, 0) is 37.8 Å². The van der Waals surface area contributed by atoms with Gasteiger partial charge in [-0.3, -0.25) is 0 Å². The molecule has 21 heavy (non-hydrogen) atoms. The molecule has 1 aromatic heterocycles. The molecule has 3 nitrogen and oxygen atoms in total. The minimum Gasteiger partial charge on any atom is -0.389 e. The Morgan fingerprint density at radius 3 is 2.57 bits per heavy atom. The highest BCUT2D eigenvalue weighted by Gasteiger charge is 2.21. The van der Waals surface area contributed by atoms with Crippen LogP contribution in [-0.4, -0.2) is 21.8 Å². The smallest absolute Gasteiger partial charge is 0.0746 e. The SMILES string of the molecule is Cc1c(CNCC(C)(O)CC(C)C)n(C)c2ccccc12. The second-order valence-corrected chi connectivity index (χ2v) is 6.85. The van der Waals surface area contributed by atoms with Gasteiger partial charge in [0.05, 0.1) is 5.60 Å². The average molecular weight is 288 g/mol. The maximum atomic E-state index is 10.4. The van der Waals surface area contributed by atoms with Gasteiger partial charge in [0.15, 0.2) is 0 Å². The Kier molecular flexibility index (Phi) is 4.74. The van der Waals surface area contributed by atoms with Crippen LogP contribution in [0.4, 0.5) is 0 Å². The molecule has 0 amide bonds. The van der Waals surface area contributed by atoms with Crippen LogP contribution in [0.25, 0.3) is 10.9 Å². The summed E-state index contributed by atoms with van der Waals surface area (Å²) in [7, 11) is 2.11. The molecule has 2 aromatic rings.